The zero-order chi connectivity index (χ0) is 9.73. The third-order valence-corrected chi connectivity index (χ3v) is 6.01. The van der Waals surface area contributed by atoms with Crippen LogP contribution in [0.25, 0.3) is 0 Å². The molecule has 0 spiro atoms. The summed E-state index contributed by atoms with van der Waals surface area (Å²) in [4.78, 5) is 0. The summed E-state index contributed by atoms with van der Waals surface area (Å²) in [7, 11) is 0. The van der Waals surface area contributed by atoms with E-state index in [1.165, 1.54) is 0 Å². The van der Waals surface area contributed by atoms with Crippen molar-refractivity contribution in [3.8, 4) is 0 Å². The molecule has 0 aliphatic carbocycles. The van der Waals surface area contributed by atoms with E-state index in [4.69, 9.17) is 35.0 Å². The topological polar surface area (TPSA) is 27.1 Å². The molecule has 1 fully saturated rings. The molecule has 1 aliphatic heterocycles. The fourth-order valence-electron chi connectivity index (χ4n) is 0.970. The molecular formula is C6H14Cl2N3PS. The molecule has 7 heteroatoms. The molecule has 2 N–H and O–H groups in total. The molecule has 0 radical (unpaired) electrons. The minimum atomic E-state index is -1.72. The van der Waals surface area contributed by atoms with Gasteiger partial charge < -0.3 is 0 Å². The van der Waals surface area contributed by atoms with E-state index in [1.54, 1.807) is 0 Å². The monoisotopic (exact) mass is 261 g/mol. The maximum atomic E-state index is 5.60. The smallest absolute Gasteiger partial charge is 0.140 e. The van der Waals surface area contributed by atoms with Crippen molar-refractivity contribution >= 4 is 41.5 Å². The zero-order valence-corrected chi connectivity index (χ0v) is 10.5. The summed E-state index contributed by atoms with van der Waals surface area (Å²) in [6.07, 6.45) is 0. The molecule has 0 bridgehead atoms. The Hall–Kier alpha value is 1.11. The van der Waals surface area contributed by atoms with Gasteiger partial charge in [-0.15, -0.1) is 23.2 Å². The zero-order valence-electron chi connectivity index (χ0n) is 7.30. The van der Waals surface area contributed by atoms with Gasteiger partial charge in [-0.2, -0.15) is 0 Å². The first-order valence-corrected chi connectivity index (χ1v) is 8.03. The van der Waals surface area contributed by atoms with Crippen LogP contribution < -0.4 is 10.2 Å². The average molecular weight is 262 g/mol. The van der Waals surface area contributed by atoms with E-state index in [-0.39, 0.29) is 0 Å². The van der Waals surface area contributed by atoms with Gasteiger partial charge in [0.1, 0.15) is 6.49 Å². The number of halogens is 2. The Morgan fingerprint density at radius 2 is 1.62 bits per heavy atom. The minimum absolute atomic E-state index is 0.592. The molecule has 0 aromatic heterocycles. The average Bonchev–Trinajstić information content (AvgIpc) is 2.94. The van der Waals surface area contributed by atoms with Crippen molar-refractivity contribution in [3.63, 3.8) is 0 Å². The summed E-state index contributed by atoms with van der Waals surface area (Å²) in [5.74, 6) is 1.18. The molecule has 13 heavy (non-hydrogen) atoms. The van der Waals surface area contributed by atoms with Crippen molar-refractivity contribution in [1.82, 2.24) is 14.8 Å². The number of nitrogens with zero attached hydrogens (tertiary/aromatic N) is 1. The molecule has 1 heterocycles. The van der Waals surface area contributed by atoms with E-state index in [0.717, 1.165) is 26.2 Å². The maximum Gasteiger partial charge on any atom is 0.140 e. The molecule has 0 aromatic rings. The van der Waals surface area contributed by atoms with E-state index >= 15 is 0 Å². The number of rotatable bonds is 7. The van der Waals surface area contributed by atoms with Crippen LogP contribution in [0, 0.1) is 0 Å². The van der Waals surface area contributed by atoms with E-state index in [1.807, 2.05) is 0 Å². The molecule has 1 rings (SSSR count). The van der Waals surface area contributed by atoms with Crippen LogP contribution in [0.15, 0.2) is 0 Å². The van der Waals surface area contributed by atoms with Crippen molar-refractivity contribution in [2.75, 3.05) is 37.9 Å². The second-order valence-electron chi connectivity index (χ2n) is 2.72. The Balaban J connectivity index is 2.37. The Bertz CT molecular complexity index is 188. The highest BCUT2D eigenvalue weighted by atomic mass is 35.5. The molecule has 0 aromatic carbocycles. The van der Waals surface area contributed by atoms with Gasteiger partial charge in [0.25, 0.3) is 0 Å². The lowest BCUT2D eigenvalue weighted by Crippen LogP contribution is -2.29. The van der Waals surface area contributed by atoms with Gasteiger partial charge in [0.2, 0.25) is 0 Å². The number of hydrogen-bond acceptors (Lipinski definition) is 1. The largest absolute Gasteiger partial charge is 0.264 e. The van der Waals surface area contributed by atoms with Gasteiger partial charge in [-0.05, 0) is 11.8 Å². The standard InChI is InChI=1S/C6H14Cl2N3PS/c7-1-3-9-12(13,10-4-2-8)11-5-6-11/h1-6H2,(H2,9,10,13). The predicted octanol–water partition coefficient (Wildman–Crippen LogP) is 1.18. The molecule has 0 atom stereocenters. The lowest BCUT2D eigenvalue weighted by atomic mass is 10.8. The van der Waals surface area contributed by atoms with Gasteiger partial charge in [0.05, 0.1) is 0 Å². The number of alkyl halides is 2. The lowest BCUT2D eigenvalue weighted by Gasteiger charge is -2.24. The highest BCUT2D eigenvalue weighted by Gasteiger charge is 2.32. The maximum absolute atomic E-state index is 5.60. The first-order valence-electron chi connectivity index (χ1n) is 4.20. The second kappa shape index (κ2) is 5.86. The van der Waals surface area contributed by atoms with Crippen LogP contribution in [0.2, 0.25) is 0 Å². The summed E-state index contributed by atoms with van der Waals surface area (Å²) in [5, 5.41) is 6.59. The van der Waals surface area contributed by atoms with Gasteiger partial charge in [-0.25, -0.2) is 4.67 Å². The Morgan fingerprint density at radius 1 is 1.15 bits per heavy atom. The summed E-state index contributed by atoms with van der Waals surface area (Å²) < 4.78 is 2.24. The van der Waals surface area contributed by atoms with E-state index in [9.17, 15) is 0 Å². The van der Waals surface area contributed by atoms with Crippen molar-refractivity contribution in [2.24, 2.45) is 0 Å². The predicted molar refractivity (Wildman–Crippen MR) is 63.3 cm³/mol. The van der Waals surface area contributed by atoms with Gasteiger partial charge in [0.15, 0.2) is 0 Å². The van der Waals surface area contributed by atoms with Crippen molar-refractivity contribution < 1.29 is 0 Å². The fourth-order valence-corrected chi connectivity index (χ4v) is 4.45. The third kappa shape index (κ3) is 4.00. The fraction of sp³-hybridized carbons (Fsp3) is 1.00. The third-order valence-electron chi connectivity index (χ3n) is 1.66. The van der Waals surface area contributed by atoms with E-state index < -0.39 is 6.49 Å². The molecular weight excluding hydrogens is 248 g/mol. The molecule has 78 valence electrons. The van der Waals surface area contributed by atoms with Crippen LogP contribution >= 0.6 is 29.7 Å². The van der Waals surface area contributed by atoms with Crippen LogP contribution in [-0.4, -0.2) is 42.6 Å². The van der Waals surface area contributed by atoms with Crippen LogP contribution in [-0.2, 0) is 11.8 Å². The first kappa shape index (κ1) is 12.2. The summed E-state index contributed by atoms with van der Waals surface area (Å²) in [6, 6.07) is 0. The molecule has 3 nitrogen and oxygen atoms in total. The molecule has 1 saturated heterocycles. The summed E-state index contributed by atoms with van der Waals surface area (Å²) >= 11 is 16.7. The van der Waals surface area contributed by atoms with Gasteiger partial charge in [0, 0.05) is 37.9 Å². The van der Waals surface area contributed by atoms with Crippen molar-refractivity contribution in [3.05, 3.63) is 0 Å². The molecule has 0 amide bonds. The molecule has 0 saturated carbocycles. The van der Waals surface area contributed by atoms with E-state index in [2.05, 4.69) is 14.8 Å². The highest BCUT2D eigenvalue weighted by Crippen LogP contribution is 2.45. The SMILES string of the molecule is S=P(NCCCl)(NCCCl)N1CC1. The molecule has 0 unspecified atom stereocenters. The Labute approximate surface area is 94.3 Å². The Morgan fingerprint density at radius 3 is 1.92 bits per heavy atom. The van der Waals surface area contributed by atoms with Crippen molar-refractivity contribution in [2.45, 2.75) is 0 Å². The highest BCUT2D eigenvalue weighted by molar-refractivity contribution is 8.11. The quantitative estimate of drug-likeness (QED) is 0.409. The first-order chi connectivity index (χ1) is 6.23. The number of hydrogen-bond donors (Lipinski definition) is 2. The van der Waals surface area contributed by atoms with Crippen molar-refractivity contribution in [1.29, 1.82) is 0 Å². The van der Waals surface area contributed by atoms with Crippen LogP contribution in [0.3, 0.4) is 0 Å². The summed E-state index contributed by atoms with van der Waals surface area (Å²) in [5.41, 5.74) is 0. The Kier molecular flexibility index (Phi) is 5.49. The lowest BCUT2D eigenvalue weighted by molar-refractivity contribution is 0.811. The van der Waals surface area contributed by atoms with E-state index in [0.29, 0.717) is 11.8 Å². The molecule has 1 aliphatic rings. The van der Waals surface area contributed by atoms with Gasteiger partial charge >= 0.3 is 0 Å². The normalized spacial score (nSPS) is 17.7. The van der Waals surface area contributed by atoms with Crippen LogP contribution in [0.1, 0.15) is 0 Å². The summed E-state index contributed by atoms with van der Waals surface area (Å²) in [6.45, 7) is 1.96. The van der Waals surface area contributed by atoms with Crippen LogP contribution in [0.4, 0.5) is 0 Å². The van der Waals surface area contributed by atoms with Crippen LogP contribution in [0.5, 0.6) is 0 Å². The van der Waals surface area contributed by atoms with Gasteiger partial charge in [-0.3, -0.25) is 10.2 Å². The van der Waals surface area contributed by atoms with Gasteiger partial charge in [-0.1, -0.05) is 0 Å². The minimum Gasteiger partial charge on any atom is -0.264 e. The second-order valence-corrected chi connectivity index (χ2v) is 7.42. The number of nitrogens with one attached hydrogen (secondary N) is 2.